The monoisotopic (exact) mass is 210 g/mol. The highest BCUT2D eigenvalue weighted by atomic mass is 28.4. The molecule has 0 aliphatic carbocycles. The molecule has 1 atom stereocenters. The van der Waals surface area contributed by atoms with E-state index in [1.807, 2.05) is 6.08 Å². The highest BCUT2D eigenvalue weighted by Gasteiger charge is 2.30. The standard InChI is InChI=1S/C12H22OSi/c1-7-9-11-12(3,10-8-2)13-14(4,5)6/h2,7H,1,9-11H2,3-6H3. The summed E-state index contributed by atoms with van der Waals surface area (Å²) < 4.78 is 6.12. The van der Waals surface area contributed by atoms with Crippen molar-refractivity contribution in [3.05, 3.63) is 12.7 Å². The fraction of sp³-hybridized carbons (Fsp3) is 0.667. The van der Waals surface area contributed by atoms with Crippen LogP contribution in [0.15, 0.2) is 12.7 Å². The lowest BCUT2D eigenvalue weighted by Gasteiger charge is -2.35. The summed E-state index contributed by atoms with van der Waals surface area (Å²) in [6.07, 6.45) is 9.89. The van der Waals surface area contributed by atoms with Crippen molar-refractivity contribution in [2.24, 2.45) is 0 Å². The van der Waals surface area contributed by atoms with Gasteiger partial charge in [-0.1, -0.05) is 6.08 Å². The van der Waals surface area contributed by atoms with Gasteiger partial charge in [0.1, 0.15) is 0 Å². The van der Waals surface area contributed by atoms with Crippen molar-refractivity contribution in [2.45, 2.75) is 51.4 Å². The van der Waals surface area contributed by atoms with E-state index in [1.54, 1.807) is 0 Å². The minimum atomic E-state index is -1.51. The van der Waals surface area contributed by atoms with Gasteiger partial charge in [0.05, 0.1) is 5.60 Å². The van der Waals surface area contributed by atoms with Gasteiger partial charge in [0.25, 0.3) is 0 Å². The van der Waals surface area contributed by atoms with Crippen LogP contribution >= 0.6 is 0 Å². The van der Waals surface area contributed by atoms with Gasteiger partial charge in [-0.2, -0.15) is 0 Å². The van der Waals surface area contributed by atoms with E-state index < -0.39 is 8.32 Å². The maximum absolute atomic E-state index is 6.12. The molecule has 0 amide bonds. The Morgan fingerprint density at radius 1 is 1.50 bits per heavy atom. The molecule has 1 nitrogen and oxygen atoms in total. The molecule has 0 aromatic carbocycles. The molecule has 0 aliphatic rings. The Kier molecular flexibility index (Phi) is 5.18. The van der Waals surface area contributed by atoms with Gasteiger partial charge < -0.3 is 4.43 Å². The summed E-state index contributed by atoms with van der Waals surface area (Å²) in [6.45, 7) is 12.4. The maximum atomic E-state index is 6.12. The van der Waals surface area contributed by atoms with Crippen LogP contribution in [-0.4, -0.2) is 13.9 Å². The van der Waals surface area contributed by atoms with Gasteiger partial charge in [-0.3, -0.25) is 0 Å². The molecule has 0 N–H and O–H groups in total. The zero-order valence-electron chi connectivity index (χ0n) is 9.89. The Morgan fingerprint density at radius 2 is 2.07 bits per heavy atom. The van der Waals surface area contributed by atoms with Crippen LogP contribution in [0.25, 0.3) is 0 Å². The molecular weight excluding hydrogens is 188 g/mol. The predicted octanol–water partition coefficient (Wildman–Crippen LogP) is 3.59. The highest BCUT2D eigenvalue weighted by molar-refractivity contribution is 6.69. The third-order valence-electron chi connectivity index (χ3n) is 1.91. The van der Waals surface area contributed by atoms with Crippen molar-refractivity contribution in [3.63, 3.8) is 0 Å². The first-order chi connectivity index (χ1) is 6.33. The van der Waals surface area contributed by atoms with E-state index in [9.17, 15) is 0 Å². The van der Waals surface area contributed by atoms with Crippen molar-refractivity contribution >= 4 is 8.32 Å². The van der Waals surface area contributed by atoms with E-state index in [2.05, 4.69) is 39.1 Å². The SMILES string of the molecule is C#CCC(C)(CCC=C)O[Si](C)(C)C. The summed E-state index contributed by atoms with van der Waals surface area (Å²) in [5.41, 5.74) is -0.159. The lowest BCUT2D eigenvalue weighted by molar-refractivity contribution is 0.0775. The van der Waals surface area contributed by atoms with Crippen molar-refractivity contribution < 1.29 is 4.43 Å². The van der Waals surface area contributed by atoms with Crippen LogP contribution in [-0.2, 0) is 4.43 Å². The normalized spacial score (nSPS) is 15.6. The van der Waals surface area contributed by atoms with Crippen molar-refractivity contribution in [1.29, 1.82) is 0 Å². The van der Waals surface area contributed by atoms with Gasteiger partial charge in [0.2, 0.25) is 0 Å². The van der Waals surface area contributed by atoms with Crippen LogP contribution in [0.4, 0.5) is 0 Å². The van der Waals surface area contributed by atoms with E-state index >= 15 is 0 Å². The lowest BCUT2D eigenvalue weighted by atomic mass is 9.97. The minimum Gasteiger partial charge on any atom is -0.411 e. The molecule has 0 bridgehead atoms. The van der Waals surface area contributed by atoms with E-state index in [1.165, 1.54) is 0 Å². The summed E-state index contributed by atoms with van der Waals surface area (Å²) >= 11 is 0. The van der Waals surface area contributed by atoms with Crippen molar-refractivity contribution in [3.8, 4) is 12.3 Å². The first kappa shape index (κ1) is 13.5. The second-order valence-electron chi connectivity index (χ2n) is 4.87. The summed E-state index contributed by atoms with van der Waals surface area (Å²) in [6, 6.07) is 0. The molecule has 2 heteroatoms. The molecule has 0 spiro atoms. The number of hydrogen-bond acceptors (Lipinski definition) is 1. The van der Waals surface area contributed by atoms with Gasteiger partial charge in [0, 0.05) is 6.42 Å². The lowest BCUT2D eigenvalue weighted by Crippen LogP contribution is -2.40. The molecule has 0 fully saturated rings. The molecule has 0 saturated heterocycles. The Hall–Kier alpha value is -0.523. The third kappa shape index (κ3) is 6.01. The van der Waals surface area contributed by atoms with Gasteiger partial charge in [0.15, 0.2) is 8.32 Å². The first-order valence-corrected chi connectivity index (χ1v) is 8.48. The van der Waals surface area contributed by atoms with Crippen LogP contribution in [0, 0.1) is 12.3 Å². The second-order valence-corrected chi connectivity index (χ2v) is 9.30. The Morgan fingerprint density at radius 3 is 2.43 bits per heavy atom. The fourth-order valence-corrected chi connectivity index (χ4v) is 3.19. The third-order valence-corrected chi connectivity index (χ3v) is 3.01. The van der Waals surface area contributed by atoms with Crippen LogP contribution in [0.5, 0.6) is 0 Å². The van der Waals surface area contributed by atoms with Gasteiger partial charge in [-0.25, -0.2) is 0 Å². The average Bonchev–Trinajstić information content (AvgIpc) is 1.98. The van der Waals surface area contributed by atoms with Crippen LogP contribution in [0.1, 0.15) is 26.2 Å². The Bertz CT molecular complexity index is 221. The van der Waals surface area contributed by atoms with Gasteiger partial charge >= 0.3 is 0 Å². The molecule has 0 aliphatic heterocycles. The quantitative estimate of drug-likeness (QED) is 0.370. The fourth-order valence-electron chi connectivity index (χ4n) is 1.54. The first-order valence-electron chi connectivity index (χ1n) is 5.07. The molecule has 0 saturated carbocycles. The molecule has 0 aromatic heterocycles. The molecule has 14 heavy (non-hydrogen) atoms. The van der Waals surface area contributed by atoms with Gasteiger partial charge in [-0.05, 0) is 39.4 Å². The van der Waals surface area contributed by atoms with Crippen LogP contribution in [0.3, 0.4) is 0 Å². The average molecular weight is 210 g/mol. The Labute approximate surface area is 89.7 Å². The van der Waals surface area contributed by atoms with Crippen LogP contribution in [0.2, 0.25) is 19.6 Å². The maximum Gasteiger partial charge on any atom is 0.184 e. The van der Waals surface area contributed by atoms with E-state index in [0.717, 1.165) is 12.8 Å². The Balaban J connectivity index is 4.39. The minimum absolute atomic E-state index is 0.159. The summed E-state index contributed by atoms with van der Waals surface area (Å²) in [7, 11) is -1.51. The zero-order chi connectivity index (χ0) is 11.2. The van der Waals surface area contributed by atoms with E-state index in [-0.39, 0.29) is 5.60 Å². The topological polar surface area (TPSA) is 9.23 Å². The van der Waals surface area contributed by atoms with E-state index in [0.29, 0.717) is 6.42 Å². The smallest absolute Gasteiger partial charge is 0.184 e. The molecule has 0 heterocycles. The summed E-state index contributed by atoms with van der Waals surface area (Å²) in [4.78, 5) is 0. The van der Waals surface area contributed by atoms with Crippen molar-refractivity contribution in [1.82, 2.24) is 0 Å². The molecule has 0 aromatic rings. The van der Waals surface area contributed by atoms with E-state index in [4.69, 9.17) is 10.8 Å². The predicted molar refractivity (Wildman–Crippen MR) is 65.7 cm³/mol. The molecular formula is C12H22OSi. The molecule has 0 radical (unpaired) electrons. The number of hydrogen-bond donors (Lipinski definition) is 0. The molecule has 80 valence electrons. The van der Waals surface area contributed by atoms with Crippen molar-refractivity contribution in [2.75, 3.05) is 0 Å². The summed E-state index contributed by atoms with van der Waals surface area (Å²) in [5, 5.41) is 0. The second kappa shape index (κ2) is 5.38. The molecule has 1 unspecified atom stereocenters. The number of rotatable bonds is 6. The van der Waals surface area contributed by atoms with Crippen LogP contribution < -0.4 is 0 Å². The van der Waals surface area contributed by atoms with Gasteiger partial charge in [-0.15, -0.1) is 18.9 Å². The molecule has 0 rings (SSSR count). The number of terminal acetylenes is 1. The zero-order valence-corrected chi connectivity index (χ0v) is 10.9. The number of allylic oxidation sites excluding steroid dienone is 1. The highest BCUT2D eigenvalue weighted by Crippen LogP contribution is 2.26. The summed E-state index contributed by atoms with van der Waals surface area (Å²) in [5.74, 6) is 2.70. The largest absolute Gasteiger partial charge is 0.411 e.